The monoisotopic (exact) mass is 388 g/mol. The molecular weight excluding hydrogens is 379 g/mol. The molecule has 2 heterocycles. The molecule has 0 fully saturated rings. The standard InChI is InChI=1S/C14H9ClF3N5O3/c1-19-10-9-11(22(2)12(24)20-10)21-13(23(9)15)25-7-4-3-5-8(6-7)26-14(16,17)18/h3-6H,1H2,2H3/p+1. The number of halogens is 4. The van der Waals surface area contributed by atoms with Crippen LogP contribution in [0, 0.1) is 0 Å². The minimum atomic E-state index is -4.84. The number of hydrogen-bond acceptors (Lipinski definition) is 4. The number of aromatic amines is 1. The fraction of sp³-hybridized carbons (Fsp3) is 0.143. The maximum absolute atomic E-state index is 12.3. The van der Waals surface area contributed by atoms with E-state index in [0.717, 1.165) is 16.2 Å². The summed E-state index contributed by atoms with van der Waals surface area (Å²) in [6.45, 7) is 3.34. The van der Waals surface area contributed by atoms with E-state index in [9.17, 15) is 18.0 Å². The maximum Gasteiger partial charge on any atom is 0.573 e. The number of fused-ring (bicyclic) bond motifs is 1. The molecular formula is C14H10ClF3N5O3+. The molecule has 0 saturated carbocycles. The third-order valence-electron chi connectivity index (χ3n) is 3.26. The topological polar surface area (TPSA) is 88.2 Å². The zero-order valence-corrected chi connectivity index (χ0v) is 13.8. The Labute approximate surface area is 147 Å². The van der Waals surface area contributed by atoms with E-state index < -0.39 is 17.8 Å². The number of nitrogens with one attached hydrogen (secondary N) is 1. The van der Waals surface area contributed by atoms with Gasteiger partial charge in [0.15, 0.2) is 12.4 Å². The molecule has 0 aliphatic carbocycles. The van der Waals surface area contributed by atoms with Gasteiger partial charge in [-0.1, -0.05) is 6.07 Å². The van der Waals surface area contributed by atoms with Gasteiger partial charge < -0.3 is 9.47 Å². The predicted molar refractivity (Wildman–Crippen MR) is 86.2 cm³/mol. The van der Waals surface area contributed by atoms with Crippen LogP contribution in [-0.2, 0) is 7.05 Å². The first kappa shape index (κ1) is 17.6. The van der Waals surface area contributed by atoms with E-state index in [1.54, 1.807) is 0 Å². The molecule has 8 nitrogen and oxygen atoms in total. The van der Waals surface area contributed by atoms with Crippen molar-refractivity contribution in [1.29, 1.82) is 0 Å². The van der Waals surface area contributed by atoms with Gasteiger partial charge in [0.25, 0.3) is 0 Å². The number of hydrogen-bond donors (Lipinski definition) is 1. The van der Waals surface area contributed by atoms with Gasteiger partial charge in [-0.05, 0) is 12.1 Å². The van der Waals surface area contributed by atoms with E-state index in [1.165, 1.54) is 23.7 Å². The first-order chi connectivity index (χ1) is 12.2. The van der Waals surface area contributed by atoms with Crippen molar-refractivity contribution < 1.29 is 22.6 Å². The van der Waals surface area contributed by atoms with Crippen LogP contribution in [0.2, 0.25) is 0 Å². The Morgan fingerprint density at radius 3 is 2.69 bits per heavy atom. The molecule has 0 aliphatic rings. The van der Waals surface area contributed by atoms with Crippen molar-refractivity contribution in [3.63, 3.8) is 0 Å². The second kappa shape index (κ2) is 6.28. The zero-order valence-electron chi connectivity index (χ0n) is 13.0. The van der Waals surface area contributed by atoms with Gasteiger partial charge in [0.2, 0.25) is 5.52 Å². The van der Waals surface area contributed by atoms with Crippen LogP contribution >= 0.6 is 11.8 Å². The van der Waals surface area contributed by atoms with Gasteiger partial charge >= 0.3 is 23.6 Å². The number of imidazole rings is 1. The van der Waals surface area contributed by atoms with Crippen molar-refractivity contribution >= 4 is 29.7 Å². The molecule has 26 heavy (non-hydrogen) atoms. The van der Waals surface area contributed by atoms with Crippen molar-refractivity contribution in [2.45, 2.75) is 6.36 Å². The number of H-pyrrole nitrogens is 1. The van der Waals surface area contributed by atoms with E-state index >= 15 is 0 Å². The molecule has 0 atom stereocenters. The maximum atomic E-state index is 12.3. The quantitative estimate of drug-likeness (QED) is 0.543. The molecule has 1 N–H and O–H groups in total. The average molecular weight is 389 g/mol. The number of benzene rings is 1. The SMILES string of the molecule is C=[N+]=c1[nH]c(=O)n(C)c2nc(Oc3cccc(OC(F)(F)F)c3)n(Cl)c12. The van der Waals surface area contributed by atoms with E-state index in [1.807, 2.05) is 0 Å². The Balaban J connectivity index is 2.07. The van der Waals surface area contributed by atoms with Gasteiger partial charge in [0.05, 0.1) is 0 Å². The summed E-state index contributed by atoms with van der Waals surface area (Å²) in [6.07, 6.45) is -4.84. The van der Waals surface area contributed by atoms with Crippen LogP contribution in [0.5, 0.6) is 17.5 Å². The largest absolute Gasteiger partial charge is 0.573 e. The molecule has 3 aromatic rings. The van der Waals surface area contributed by atoms with Crippen molar-refractivity contribution in [2.24, 2.45) is 7.05 Å². The molecule has 0 saturated heterocycles. The van der Waals surface area contributed by atoms with Crippen LogP contribution in [0.3, 0.4) is 0 Å². The van der Waals surface area contributed by atoms with Crippen LogP contribution in [0.25, 0.3) is 11.2 Å². The smallest absolute Gasteiger partial charge is 0.424 e. The molecule has 3 rings (SSSR count). The number of aryl methyl sites for hydroxylation is 1. The molecule has 0 radical (unpaired) electrons. The van der Waals surface area contributed by atoms with Crippen molar-refractivity contribution in [3.8, 4) is 17.5 Å². The predicted octanol–water partition coefficient (Wildman–Crippen LogP) is 1.42. The van der Waals surface area contributed by atoms with Crippen molar-refractivity contribution in [1.82, 2.24) is 23.3 Å². The highest BCUT2D eigenvalue weighted by molar-refractivity contribution is 6.19. The highest BCUT2D eigenvalue weighted by atomic mass is 35.5. The summed E-state index contributed by atoms with van der Waals surface area (Å²) in [5, 5.41) is 0. The van der Waals surface area contributed by atoms with Crippen LogP contribution in [-0.4, -0.2) is 31.7 Å². The van der Waals surface area contributed by atoms with Gasteiger partial charge in [-0.25, -0.2) is 9.46 Å². The fourth-order valence-electron chi connectivity index (χ4n) is 2.16. The van der Waals surface area contributed by atoms with Crippen LogP contribution in [0.15, 0.2) is 29.1 Å². The molecule has 0 unspecified atom stereocenters. The van der Waals surface area contributed by atoms with Crippen LogP contribution < -0.4 is 25.3 Å². The molecule has 12 heteroatoms. The Kier molecular flexibility index (Phi) is 4.26. The van der Waals surface area contributed by atoms with E-state index in [4.69, 9.17) is 16.5 Å². The lowest BCUT2D eigenvalue weighted by molar-refractivity contribution is -0.274. The van der Waals surface area contributed by atoms with E-state index in [2.05, 4.69) is 26.1 Å². The summed E-state index contributed by atoms with van der Waals surface area (Å²) < 4.78 is 52.0. The lowest BCUT2D eigenvalue weighted by atomic mass is 10.3. The van der Waals surface area contributed by atoms with Gasteiger partial charge in [-0.15, -0.1) is 13.2 Å². The number of nitrogens with zero attached hydrogens (tertiary/aromatic N) is 4. The highest BCUT2D eigenvalue weighted by Crippen LogP contribution is 2.29. The summed E-state index contributed by atoms with van der Waals surface area (Å²) in [5.74, 6) is -0.479. The van der Waals surface area contributed by atoms with Crippen molar-refractivity contribution in [2.75, 3.05) is 0 Å². The lowest BCUT2D eigenvalue weighted by Gasteiger charge is -2.10. The molecule has 0 bridgehead atoms. The number of ether oxygens (including phenoxy) is 2. The second-order valence-electron chi connectivity index (χ2n) is 4.97. The minimum Gasteiger partial charge on any atom is -0.424 e. The highest BCUT2D eigenvalue weighted by Gasteiger charge is 2.31. The Hall–Kier alpha value is -3.17. The summed E-state index contributed by atoms with van der Waals surface area (Å²) in [5.41, 5.74) is -0.0956. The number of rotatable bonds is 3. The number of aromatic nitrogens is 4. The molecule has 0 amide bonds. The molecule has 2 aromatic heterocycles. The van der Waals surface area contributed by atoms with E-state index in [-0.39, 0.29) is 28.4 Å². The Bertz CT molecular complexity index is 1140. The molecule has 1 aromatic carbocycles. The summed E-state index contributed by atoms with van der Waals surface area (Å²) in [6, 6.07) is 4.63. The third kappa shape index (κ3) is 3.30. The van der Waals surface area contributed by atoms with Crippen molar-refractivity contribution in [3.05, 3.63) is 40.2 Å². The second-order valence-corrected chi connectivity index (χ2v) is 5.31. The number of alkyl halides is 3. The van der Waals surface area contributed by atoms with Gasteiger partial charge in [-0.3, -0.25) is 4.57 Å². The lowest BCUT2D eigenvalue weighted by Crippen LogP contribution is -2.30. The normalized spacial score (nSPS) is 11.4. The summed E-state index contributed by atoms with van der Waals surface area (Å²) in [7, 11) is 1.44. The zero-order chi connectivity index (χ0) is 19.1. The summed E-state index contributed by atoms with van der Waals surface area (Å²) in [4.78, 5) is 18.4. The van der Waals surface area contributed by atoms with Gasteiger partial charge in [0.1, 0.15) is 11.5 Å². The Morgan fingerprint density at radius 1 is 1.35 bits per heavy atom. The van der Waals surface area contributed by atoms with Crippen LogP contribution in [0.1, 0.15) is 0 Å². The van der Waals surface area contributed by atoms with Gasteiger partial charge in [0, 0.05) is 24.9 Å². The molecule has 0 aliphatic heterocycles. The third-order valence-corrected chi connectivity index (χ3v) is 3.57. The van der Waals surface area contributed by atoms with Crippen LogP contribution in [0.4, 0.5) is 13.2 Å². The van der Waals surface area contributed by atoms with Gasteiger partial charge in [-0.2, -0.15) is 14.1 Å². The first-order valence-corrected chi connectivity index (χ1v) is 7.24. The molecule has 136 valence electrons. The molecule has 0 spiro atoms. The van der Waals surface area contributed by atoms with E-state index in [0.29, 0.717) is 0 Å². The fourth-order valence-corrected chi connectivity index (χ4v) is 2.39. The minimum absolute atomic E-state index is 0.00829. The Morgan fingerprint density at radius 2 is 2.04 bits per heavy atom. The first-order valence-electron chi connectivity index (χ1n) is 6.91. The average Bonchev–Trinajstić information content (AvgIpc) is 2.87. The summed E-state index contributed by atoms with van der Waals surface area (Å²) >= 11 is 6.16.